The Kier molecular flexibility index (Phi) is 6.55. The average molecular weight is 275 g/mol. The lowest BCUT2D eigenvalue weighted by molar-refractivity contribution is -0.0400. The first-order valence-corrected chi connectivity index (χ1v) is 8.23. The van der Waals surface area contributed by atoms with Crippen LogP contribution in [-0.2, 0) is 11.2 Å². The van der Waals surface area contributed by atoms with Gasteiger partial charge in [-0.05, 0) is 44.2 Å². The minimum Gasteiger partial charge on any atom is -0.374 e. The highest BCUT2D eigenvalue weighted by Gasteiger charge is 2.34. The molecule has 0 spiro atoms. The van der Waals surface area contributed by atoms with Gasteiger partial charge in [0, 0.05) is 13.2 Å². The van der Waals surface area contributed by atoms with E-state index in [1.807, 2.05) is 0 Å². The molecule has 1 aromatic carbocycles. The van der Waals surface area contributed by atoms with E-state index in [0.29, 0.717) is 0 Å². The van der Waals surface area contributed by atoms with Gasteiger partial charge in [0.2, 0.25) is 0 Å². The zero-order chi connectivity index (χ0) is 14.1. The Morgan fingerprint density at radius 1 is 1.15 bits per heavy atom. The van der Waals surface area contributed by atoms with Crippen LogP contribution < -0.4 is 5.32 Å². The first-order chi connectivity index (χ1) is 9.85. The lowest BCUT2D eigenvalue weighted by Crippen LogP contribution is -2.41. The van der Waals surface area contributed by atoms with E-state index in [1.54, 1.807) is 0 Å². The van der Waals surface area contributed by atoms with E-state index >= 15 is 0 Å². The molecule has 2 nitrogen and oxygen atoms in total. The standard InChI is InChI=1S/C18H29NO/c1-2-14-19-16-18(12-6-7-13-18)20-15-8-11-17-9-4-3-5-10-17/h3-5,9-10,19H,2,6-8,11-16H2,1H3. The third-order valence-electron chi connectivity index (χ3n) is 4.25. The van der Waals surface area contributed by atoms with Gasteiger partial charge in [-0.25, -0.2) is 0 Å². The molecule has 0 amide bonds. The Hall–Kier alpha value is -0.860. The second-order valence-corrected chi connectivity index (χ2v) is 6.00. The molecule has 0 radical (unpaired) electrons. The highest BCUT2D eigenvalue weighted by atomic mass is 16.5. The van der Waals surface area contributed by atoms with Crippen LogP contribution in [0.1, 0.15) is 51.0 Å². The molecule has 0 aliphatic heterocycles. The van der Waals surface area contributed by atoms with Crippen LogP contribution >= 0.6 is 0 Å². The monoisotopic (exact) mass is 275 g/mol. The summed E-state index contributed by atoms with van der Waals surface area (Å²) in [5.41, 5.74) is 1.55. The molecule has 1 fully saturated rings. The summed E-state index contributed by atoms with van der Waals surface area (Å²) >= 11 is 0. The zero-order valence-corrected chi connectivity index (χ0v) is 12.9. The van der Waals surface area contributed by atoms with Crippen LogP contribution in [-0.4, -0.2) is 25.3 Å². The maximum absolute atomic E-state index is 6.30. The fraction of sp³-hybridized carbons (Fsp3) is 0.667. The molecular formula is C18H29NO. The molecular weight excluding hydrogens is 246 g/mol. The maximum Gasteiger partial charge on any atom is 0.0806 e. The molecule has 2 rings (SSSR count). The summed E-state index contributed by atoms with van der Waals surface area (Å²) in [5.74, 6) is 0. The Morgan fingerprint density at radius 2 is 1.90 bits per heavy atom. The van der Waals surface area contributed by atoms with Crippen LogP contribution in [0.4, 0.5) is 0 Å². The van der Waals surface area contributed by atoms with Crippen LogP contribution in [0.15, 0.2) is 30.3 Å². The number of ether oxygens (including phenoxy) is 1. The SMILES string of the molecule is CCCNCC1(OCCCc2ccccc2)CCCC1. The van der Waals surface area contributed by atoms with E-state index < -0.39 is 0 Å². The number of hydrogen-bond acceptors (Lipinski definition) is 2. The van der Waals surface area contributed by atoms with Gasteiger partial charge >= 0.3 is 0 Å². The summed E-state index contributed by atoms with van der Waals surface area (Å²) in [5, 5.41) is 3.55. The lowest BCUT2D eigenvalue weighted by Gasteiger charge is -2.30. The first-order valence-electron chi connectivity index (χ1n) is 8.23. The van der Waals surface area contributed by atoms with Crippen LogP contribution in [0, 0.1) is 0 Å². The number of rotatable bonds is 9. The molecule has 0 saturated heterocycles. The van der Waals surface area contributed by atoms with Crippen molar-refractivity contribution in [3.63, 3.8) is 0 Å². The molecule has 0 atom stereocenters. The topological polar surface area (TPSA) is 21.3 Å². The van der Waals surface area contributed by atoms with Gasteiger partial charge in [0.15, 0.2) is 0 Å². The van der Waals surface area contributed by atoms with Crippen molar-refractivity contribution in [2.45, 2.75) is 57.5 Å². The van der Waals surface area contributed by atoms with Gasteiger partial charge in [-0.3, -0.25) is 0 Å². The van der Waals surface area contributed by atoms with Crippen LogP contribution in [0.2, 0.25) is 0 Å². The van der Waals surface area contributed by atoms with Gasteiger partial charge in [-0.1, -0.05) is 50.1 Å². The Balaban J connectivity index is 1.69. The first kappa shape index (κ1) is 15.5. The minimum atomic E-state index is 0.131. The summed E-state index contributed by atoms with van der Waals surface area (Å²) < 4.78 is 6.30. The Morgan fingerprint density at radius 3 is 2.60 bits per heavy atom. The van der Waals surface area contributed by atoms with Gasteiger partial charge in [-0.15, -0.1) is 0 Å². The van der Waals surface area contributed by atoms with E-state index in [1.165, 1.54) is 37.7 Å². The van der Waals surface area contributed by atoms with Crippen molar-refractivity contribution in [1.29, 1.82) is 0 Å². The molecule has 20 heavy (non-hydrogen) atoms. The van der Waals surface area contributed by atoms with E-state index in [2.05, 4.69) is 42.6 Å². The van der Waals surface area contributed by atoms with Gasteiger partial charge < -0.3 is 10.1 Å². The van der Waals surface area contributed by atoms with Crippen molar-refractivity contribution >= 4 is 0 Å². The zero-order valence-electron chi connectivity index (χ0n) is 12.9. The molecule has 2 heteroatoms. The van der Waals surface area contributed by atoms with Gasteiger partial charge in [0.25, 0.3) is 0 Å². The predicted molar refractivity (Wildman–Crippen MR) is 85.1 cm³/mol. The third-order valence-corrected chi connectivity index (χ3v) is 4.25. The highest BCUT2D eigenvalue weighted by Crippen LogP contribution is 2.32. The Labute approximate surface area is 123 Å². The van der Waals surface area contributed by atoms with Crippen molar-refractivity contribution in [3.8, 4) is 0 Å². The minimum absolute atomic E-state index is 0.131. The molecule has 112 valence electrons. The quantitative estimate of drug-likeness (QED) is 0.689. The summed E-state index contributed by atoms with van der Waals surface area (Å²) in [6.07, 6.45) is 8.56. The average Bonchev–Trinajstić information content (AvgIpc) is 2.94. The van der Waals surface area contributed by atoms with E-state index in [0.717, 1.165) is 32.5 Å². The fourth-order valence-electron chi connectivity index (χ4n) is 3.09. The number of benzene rings is 1. The van der Waals surface area contributed by atoms with Gasteiger partial charge in [0.05, 0.1) is 5.60 Å². The molecule has 1 aliphatic carbocycles. The van der Waals surface area contributed by atoms with Gasteiger partial charge in [0.1, 0.15) is 0 Å². The molecule has 1 aliphatic rings. The number of aryl methyl sites for hydroxylation is 1. The molecule has 1 N–H and O–H groups in total. The van der Waals surface area contributed by atoms with E-state index in [4.69, 9.17) is 4.74 Å². The van der Waals surface area contributed by atoms with Crippen molar-refractivity contribution in [2.24, 2.45) is 0 Å². The third kappa shape index (κ3) is 4.92. The Bertz CT molecular complexity index is 357. The van der Waals surface area contributed by atoms with Crippen molar-refractivity contribution in [1.82, 2.24) is 5.32 Å². The lowest BCUT2D eigenvalue weighted by atomic mass is 10.0. The second kappa shape index (κ2) is 8.43. The second-order valence-electron chi connectivity index (χ2n) is 6.00. The van der Waals surface area contributed by atoms with E-state index in [-0.39, 0.29) is 5.60 Å². The molecule has 0 unspecified atom stereocenters. The summed E-state index contributed by atoms with van der Waals surface area (Å²) in [4.78, 5) is 0. The maximum atomic E-state index is 6.30. The van der Waals surface area contributed by atoms with Crippen LogP contribution in [0.5, 0.6) is 0 Å². The van der Waals surface area contributed by atoms with Crippen LogP contribution in [0.3, 0.4) is 0 Å². The number of hydrogen-bond donors (Lipinski definition) is 1. The summed E-state index contributed by atoms with van der Waals surface area (Å²) in [6.45, 7) is 5.25. The largest absolute Gasteiger partial charge is 0.374 e. The van der Waals surface area contributed by atoms with Crippen molar-refractivity contribution in [3.05, 3.63) is 35.9 Å². The summed E-state index contributed by atoms with van der Waals surface area (Å²) in [6, 6.07) is 10.7. The molecule has 0 bridgehead atoms. The highest BCUT2D eigenvalue weighted by molar-refractivity contribution is 5.14. The molecule has 1 saturated carbocycles. The fourth-order valence-corrected chi connectivity index (χ4v) is 3.09. The normalized spacial score (nSPS) is 17.4. The molecule has 1 aromatic rings. The summed E-state index contributed by atoms with van der Waals surface area (Å²) in [7, 11) is 0. The molecule has 0 aromatic heterocycles. The van der Waals surface area contributed by atoms with Crippen LogP contribution in [0.25, 0.3) is 0 Å². The van der Waals surface area contributed by atoms with Gasteiger partial charge in [-0.2, -0.15) is 0 Å². The van der Waals surface area contributed by atoms with Crippen molar-refractivity contribution < 1.29 is 4.74 Å². The predicted octanol–water partition coefficient (Wildman–Crippen LogP) is 3.95. The molecule has 0 heterocycles. The number of nitrogens with one attached hydrogen (secondary N) is 1. The van der Waals surface area contributed by atoms with Crippen molar-refractivity contribution in [2.75, 3.05) is 19.7 Å². The van der Waals surface area contributed by atoms with E-state index in [9.17, 15) is 0 Å². The smallest absolute Gasteiger partial charge is 0.0806 e.